The van der Waals surface area contributed by atoms with E-state index in [4.69, 9.17) is 16.0 Å². The minimum Gasteiger partial charge on any atom is -0.467 e. The highest BCUT2D eigenvalue weighted by Crippen LogP contribution is 2.44. The Hall–Kier alpha value is -3.51. The molecule has 2 aromatic carbocycles. The third-order valence-corrected chi connectivity index (χ3v) is 6.38. The average Bonchev–Trinajstić information content (AvgIpc) is 3.28. The van der Waals surface area contributed by atoms with Crippen molar-refractivity contribution in [2.45, 2.75) is 32.2 Å². The van der Waals surface area contributed by atoms with E-state index in [1.807, 2.05) is 48.2 Å². The maximum absolute atomic E-state index is 13.3. The van der Waals surface area contributed by atoms with Gasteiger partial charge in [0, 0.05) is 28.4 Å². The monoisotopic (exact) mass is 461 g/mol. The second-order valence-electron chi connectivity index (χ2n) is 8.36. The lowest BCUT2D eigenvalue weighted by Gasteiger charge is -2.33. The number of Topliss-reactive ketones (excluding diaryl/α,β-unsaturated/α-hetero) is 1. The van der Waals surface area contributed by atoms with Crippen LogP contribution in [0.15, 0.2) is 76.5 Å². The Morgan fingerprint density at radius 3 is 2.85 bits per heavy atom. The molecule has 0 radical (unpaired) electrons. The van der Waals surface area contributed by atoms with E-state index in [0.717, 1.165) is 35.5 Å². The molecule has 0 fully saturated rings. The minimum atomic E-state index is -0.509. The van der Waals surface area contributed by atoms with E-state index in [0.29, 0.717) is 28.5 Å². The molecule has 2 aliphatic rings. The van der Waals surface area contributed by atoms with Crippen molar-refractivity contribution in [2.75, 3.05) is 22.1 Å². The summed E-state index contributed by atoms with van der Waals surface area (Å²) >= 11 is 6.14. The first-order chi connectivity index (χ1) is 16.0. The maximum atomic E-state index is 13.3. The largest absolute Gasteiger partial charge is 0.467 e. The van der Waals surface area contributed by atoms with Gasteiger partial charge in [-0.25, -0.2) is 0 Å². The first-order valence-electron chi connectivity index (χ1n) is 11.0. The predicted molar refractivity (Wildman–Crippen MR) is 130 cm³/mol. The van der Waals surface area contributed by atoms with Crippen molar-refractivity contribution < 1.29 is 14.0 Å². The fourth-order valence-electron chi connectivity index (χ4n) is 4.59. The second-order valence-corrected chi connectivity index (χ2v) is 8.80. The Morgan fingerprint density at radius 1 is 1.18 bits per heavy atom. The van der Waals surface area contributed by atoms with E-state index in [1.54, 1.807) is 24.5 Å². The number of carbonyl (C=O) groups is 2. The highest BCUT2D eigenvalue weighted by molar-refractivity contribution is 6.31. The number of benzene rings is 2. The Bertz CT molecular complexity index is 1250. The van der Waals surface area contributed by atoms with Gasteiger partial charge in [-0.15, -0.1) is 0 Å². The average molecular weight is 462 g/mol. The molecule has 0 bridgehead atoms. The number of carbonyl (C=O) groups excluding carboxylic acids is 2. The molecule has 0 saturated carbocycles. The SMILES string of the molecule is Cc1ccc(Cl)cc1NC(=O)CN1c2ccccc2NC2=C(C(=O)CCC2)C1c1ccco1. The number of amides is 1. The molecule has 2 N–H and O–H groups in total. The molecule has 2 heterocycles. The molecule has 1 aliphatic carbocycles. The molecule has 3 aromatic rings. The van der Waals surface area contributed by atoms with E-state index >= 15 is 0 Å². The second kappa shape index (κ2) is 8.79. The highest BCUT2D eigenvalue weighted by atomic mass is 35.5. The smallest absolute Gasteiger partial charge is 0.243 e. The van der Waals surface area contributed by atoms with Crippen molar-refractivity contribution in [1.29, 1.82) is 0 Å². The molecule has 5 rings (SSSR count). The summed E-state index contributed by atoms with van der Waals surface area (Å²) in [5.74, 6) is 0.496. The number of hydrogen-bond acceptors (Lipinski definition) is 5. The molecule has 1 amide bonds. The molecule has 1 atom stereocenters. The quantitative estimate of drug-likeness (QED) is 0.509. The highest BCUT2D eigenvalue weighted by Gasteiger charge is 2.38. The molecule has 33 heavy (non-hydrogen) atoms. The number of allylic oxidation sites excluding steroid dienone is 1. The van der Waals surface area contributed by atoms with Gasteiger partial charge in [-0.2, -0.15) is 0 Å². The molecular weight excluding hydrogens is 438 g/mol. The molecule has 0 saturated heterocycles. The Morgan fingerprint density at radius 2 is 2.03 bits per heavy atom. The van der Waals surface area contributed by atoms with Crippen LogP contribution >= 0.6 is 11.6 Å². The molecule has 0 spiro atoms. The van der Waals surface area contributed by atoms with Gasteiger partial charge in [-0.1, -0.05) is 29.8 Å². The van der Waals surface area contributed by atoms with Crippen LogP contribution in [0.2, 0.25) is 5.02 Å². The van der Waals surface area contributed by atoms with Crippen molar-refractivity contribution in [3.8, 4) is 0 Å². The van der Waals surface area contributed by atoms with Crippen molar-refractivity contribution in [2.24, 2.45) is 0 Å². The number of hydrogen-bond donors (Lipinski definition) is 2. The zero-order valence-corrected chi connectivity index (χ0v) is 19.0. The van der Waals surface area contributed by atoms with Gasteiger partial charge in [0.15, 0.2) is 5.78 Å². The number of ketones is 1. The normalized spacial score (nSPS) is 17.7. The zero-order chi connectivity index (χ0) is 22.9. The number of aryl methyl sites for hydroxylation is 1. The van der Waals surface area contributed by atoms with E-state index in [2.05, 4.69) is 10.6 Å². The Labute approximate surface area is 197 Å². The number of para-hydroxylation sites is 2. The molecular formula is C26H24ClN3O3. The number of fused-ring (bicyclic) bond motifs is 1. The lowest BCUT2D eigenvalue weighted by Crippen LogP contribution is -2.38. The van der Waals surface area contributed by atoms with Gasteiger partial charge in [0.25, 0.3) is 0 Å². The van der Waals surface area contributed by atoms with E-state index in [9.17, 15) is 9.59 Å². The summed E-state index contributed by atoms with van der Waals surface area (Å²) in [5.41, 5.74) is 4.84. The van der Waals surface area contributed by atoms with Crippen molar-refractivity contribution >= 4 is 40.4 Å². The van der Waals surface area contributed by atoms with Gasteiger partial charge in [0.05, 0.1) is 24.2 Å². The Balaban J connectivity index is 1.58. The van der Waals surface area contributed by atoms with E-state index in [1.165, 1.54) is 0 Å². The lowest BCUT2D eigenvalue weighted by molar-refractivity contribution is -0.117. The third kappa shape index (κ3) is 4.14. The van der Waals surface area contributed by atoms with Crippen molar-refractivity contribution in [3.63, 3.8) is 0 Å². The molecule has 1 unspecified atom stereocenters. The third-order valence-electron chi connectivity index (χ3n) is 6.14. The first-order valence-corrected chi connectivity index (χ1v) is 11.4. The molecule has 1 aliphatic heterocycles. The zero-order valence-electron chi connectivity index (χ0n) is 18.2. The van der Waals surface area contributed by atoms with Gasteiger partial charge in [0.2, 0.25) is 5.91 Å². The van der Waals surface area contributed by atoms with Crippen LogP contribution in [0.5, 0.6) is 0 Å². The van der Waals surface area contributed by atoms with Crippen LogP contribution in [-0.2, 0) is 9.59 Å². The molecule has 168 valence electrons. The topological polar surface area (TPSA) is 74.6 Å². The number of rotatable bonds is 4. The maximum Gasteiger partial charge on any atom is 0.243 e. The predicted octanol–water partition coefficient (Wildman–Crippen LogP) is 5.86. The summed E-state index contributed by atoms with van der Waals surface area (Å²) in [6.07, 6.45) is 3.65. The van der Waals surface area contributed by atoms with E-state index in [-0.39, 0.29) is 18.2 Å². The number of nitrogens with one attached hydrogen (secondary N) is 2. The van der Waals surface area contributed by atoms with Crippen molar-refractivity contribution in [3.05, 3.63) is 88.5 Å². The van der Waals surface area contributed by atoms with Gasteiger partial charge < -0.3 is 20.0 Å². The van der Waals surface area contributed by atoms with Crippen LogP contribution in [0.1, 0.15) is 36.6 Å². The van der Waals surface area contributed by atoms with Crippen LogP contribution in [0.25, 0.3) is 0 Å². The van der Waals surface area contributed by atoms with Crippen LogP contribution in [-0.4, -0.2) is 18.2 Å². The van der Waals surface area contributed by atoms with Crippen LogP contribution < -0.4 is 15.5 Å². The van der Waals surface area contributed by atoms with Gasteiger partial charge in [-0.3, -0.25) is 9.59 Å². The summed E-state index contributed by atoms with van der Waals surface area (Å²) in [6, 6.07) is 16.3. The number of anilines is 3. The molecule has 6 nitrogen and oxygen atoms in total. The summed E-state index contributed by atoms with van der Waals surface area (Å²) < 4.78 is 5.80. The van der Waals surface area contributed by atoms with Crippen molar-refractivity contribution in [1.82, 2.24) is 0 Å². The number of nitrogens with zero attached hydrogens (tertiary/aromatic N) is 1. The standard InChI is InChI=1S/C26H24ClN3O3/c1-16-11-12-17(27)14-20(16)29-24(32)15-30-21-8-3-2-6-18(21)28-19-7-4-9-22(31)25(19)26(30)23-10-5-13-33-23/h2-3,5-6,8,10-14,26,28H,4,7,9,15H2,1H3,(H,29,32). The lowest BCUT2D eigenvalue weighted by atomic mass is 9.88. The summed E-state index contributed by atoms with van der Waals surface area (Å²) in [7, 11) is 0. The van der Waals surface area contributed by atoms with Crippen LogP contribution in [0.4, 0.5) is 17.1 Å². The number of furan rings is 1. The van der Waals surface area contributed by atoms with Gasteiger partial charge >= 0.3 is 0 Å². The molecule has 1 aromatic heterocycles. The number of halogens is 1. The first kappa shape index (κ1) is 21.3. The Kier molecular flexibility index (Phi) is 5.68. The van der Waals surface area contributed by atoms with Crippen LogP contribution in [0.3, 0.4) is 0 Å². The fourth-order valence-corrected chi connectivity index (χ4v) is 4.76. The van der Waals surface area contributed by atoms with Crippen LogP contribution in [0, 0.1) is 6.92 Å². The van der Waals surface area contributed by atoms with Gasteiger partial charge in [-0.05, 0) is 61.7 Å². The summed E-state index contributed by atoms with van der Waals surface area (Å²) in [5, 5.41) is 7.01. The van der Waals surface area contributed by atoms with Gasteiger partial charge in [0.1, 0.15) is 11.8 Å². The van der Waals surface area contributed by atoms with E-state index < -0.39 is 6.04 Å². The summed E-state index contributed by atoms with van der Waals surface area (Å²) in [6.45, 7) is 1.95. The summed E-state index contributed by atoms with van der Waals surface area (Å²) in [4.78, 5) is 28.4. The molecule has 7 heteroatoms. The minimum absolute atomic E-state index is 0.0279. The fraction of sp³-hybridized carbons (Fsp3) is 0.231.